The second kappa shape index (κ2) is 8.98. The van der Waals surface area contributed by atoms with Gasteiger partial charge in [-0.05, 0) is 41.3 Å². The van der Waals surface area contributed by atoms with Crippen LogP contribution in [0.2, 0.25) is 0 Å². The van der Waals surface area contributed by atoms with Crippen molar-refractivity contribution in [2.24, 2.45) is 0 Å². The molecule has 1 amide bonds. The van der Waals surface area contributed by atoms with Crippen molar-refractivity contribution >= 4 is 22.5 Å². The highest BCUT2D eigenvalue weighted by molar-refractivity contribution is 5.97. The van der Waals surface area contributed by atoms with Crippen LogP contribution in [-0.2, 0) is 16.6 Å². The first-order valence-electron chi connectivity index (χ1n) is 10.9. The zero-order valence-corrected chi connectivity index (χ0v) is 19.7. The van der Waals surface area contributed by atoms with Gasteiger partial charge in [0, 0.05) is 16.9 Å². The van der Waals surface area contributed by atoms with E-state index in [1.54, 1.807) is 18.9 Å². The van der Waals surface area contributed by atoms with E-state index in [4.69, 9.17) is 14.6 Å². The van der Waals surface area contributed by atoms with Crippen molar-refractivity contribution in [1.82, 2.24) is 9.78 Å². The number of nitrogens with one attached hydrogen (secondary N) is 1. The number of methoxy groups -OCH3 is 2. The third-order valence-corrected chi connectivity index (χ3v) is 5.61. The van der Waals surface area contributed by atoms with Crippen LogP contribution in [-0.4, -0.2) is 29.9 Å². The number of amides is 1. The van der Waals surface area contributed by atoms with E-state index in [1.807, 2.05) is 66.7 Å². The second-order valence-corrected chi connectivity index (χ2v) is 8.97. The van der Waals surface area contributed by atoms with Crippen molar-refractivity contribution in [2.45, 2.75) is 32.6 Å². The molecule has 6 heteroatoms. The molecule has 6 nitrogen and oxygen atoms in total. The smallest absolute Gasteiger partial charge is 0.229 e. The summed E-state index contributed by atoms with van der Waals surface area (Å²) in [5.74, 6) is 2.08. The first-order chi connectivity index (χ1) is 15.8. The number of aromatic nitrogens is 2. The minimum Gasteiger partial charge on any atom is -0.497 e. The number of hydrogen-bond acceptors (Lipinski definition) is 4. The molecule has 0 saturated carbocycles. The van der Waals surface area contributed by atoms with E-state index in [0.29, 0.717) is 5.82 Å². The molecule has 0 aliphatic carbocycles. The van der Waals surface area contributed by atoms with Crippen molar-refractivity contribution in [3.63, 3.8) is 0 Å². The Hall–Kier alpha value is -3.80. The van der Waals surface area contributed by atoms with Gasteiger partial charge in [0.1, 0.15) is 17.3 Å². The minimum absolute atomic E-state index is 0.111. The van der Waals surface area contributed by atoms with Crippen LogP contribution in [0.5, 0.6) is 11.5 Å². The highest BCUT2D eigenvalue weighted by Gasteiger charge is 2.22. The average Bonchev–Trinajstić information content (AvgIpc) is 3.23. The highest BCUT2D eigenvalue weighted by atomic mass is 16.5. The lowest BCUT2D eigenvalue weighted by molar-refractivity contribution is -0.115. The Morgan fingerprint density at radius 3 is 2.27 bits per heavy atom. The number of hydrogen-bond donors (Lipinski definition) is 1. The predicted molar refractivity (Wildman–Crippen MR) is 132 cm³/mol. The van der Waals surface area contributed by atoms with E-state index in [2.05, 4.69) is 26.1 Å². The highest BCUT2D eigenvalue weighted by Crippen LogP contribution is 2.30. The summed E-state index contributed by atoms with van der Waals surface area (Å²) in [5.41, 5.74) is 2.51. The van der Waals surface area contributed by atoms with E-state index in [1.165, 1.54) is 0 Å². The van der Waals surface area contributed by atoms with E-state index in [0.717, 1.165) is 39.2 Å². The van der Waals surface area contributed by atoms with E-state index in [-0.39, 0.29) is 17.7 Å². The average molecular weight is 444 g/mol. The van der Waals surface area contributed by atoms with E-state index >= 15 is 0 Å². The largest absolute Gasteiger partial charge is 0.497 e. The van der Waals surface area contributed by atoms with Crippen molar-refractivity contribution in [3.8, 4) is 17.2 Å². The predicted octanol–water partition coefficient (Wildman–Crippen LogP) is 5.52. The molecule has 33 heavy (non-hydrogen) atoms. The van der Waals surface area contributed by atoms with Crippen LogP contribution in [0.4, 0.5) is 5.82 Å². The van der Waals surface area contributed by atoms with Crippen molar-refractivity contribution in [2.75, 3.05) is 19.5 Å². The normalized spacial score (nSPS) is 11.4. The molecule has 0 spiro atoms. The molecular weight excluding hydrogens is 414 g/mol. The summed E-state index contributed by atoms with van der Waals surface area (Å²) in [6, 6.07) is 21.3. The van der Waals surface area contributed by atoms with Gasteiger partial charge in [-0.25, -0.2) is 4.68 Å². The summed E-state index contributed by atoms with van der Waals surface area (Å²) in [5, 5.41) is 9.85. The summed E-state index contributed by atoms with van der Waals surface area (Å²) in [6.45, 7) is 6.30. The van der Waals surface area contributed by atoms with Crippen molar-refractivity contribution in [3.05, 3.63) is 78.0 Å². The van der Waals surface area contributed by atoms with Crippen molar-refractivity contribution in [1.29, 1.82) is 0 Å². The Morgan fingerprint density at radius 1 is 0.939 bits per heavy atom. The molecule has 0 radical (unpaired) electrons. The quantitative estimate of drug-likeness (QED) is 0.426. The van der Waals surface area contributed by atoms with E-state index in [9.17, 15) is 4.79 Å². The van der Waals surface area contributed by atoms with Gasteiger partial charge in [0.05, 0.1) is 32.0 Å². The fourth-order valence-corrected chi connectivity index (χ4v) is 3.78. The van der Waals surface area contributed by atoms with Gasteiger partial charge in [-0.1, -0.05) is 51.1 Å². The molecule has 1 aromatic heterocycles. The second-order valence-electron chi connectivity index (χ2n) is 8.97. The van der Waals surface area contributed by atoms with Gasteiger partial charge >= 0.3 is 0 Å². The first kappa shape index (κ1) is 22.4. The van der Waals surface area contributed by atoms with Crippen LogP contribution in [0, 0.1) is 0 Å². The maximum Gasteiger partial charge on any atom is 0.229 e. The molecule has 0 fully saturated rings. The van der Waals surface area contributed by atoms with Gasteiger partial charge < -0.3 is 14.8 Å². The van der Waals surface area contributed by atoms with E-state index < -0.39 is 0 Å². The van der Waals surface area contributed by atoms with Gasteiger partial charge in [0.15, 0.2) is 0 Å². The third-order valence-electron chi connectivity index (χ3n) is 5.61. The lowest BCUT2D eigenvalue weighted by atomic mass is 9.92. The van der Waals surface area contributed by atoms with Crippen molar-refractivity contribution < 1.29 is 14.3 Å². The number of carbonyl (C=O) groups excluding carboxylic acids is 1. The fraction of sp³-hybridized carbons (Fsp3) is 0.259. The Labute approximate surface area is 194 Å². The van der Waals surface area contributed by atoms with Crippen LogP contribution in [0.25, 0.3) is 16.5 Å². The molecule has 0 aliphatic heterocycles. The van der Waals surface area contributed by atoms with Gasteiger partial charge in [-0.15, -0.1) is 0 Å². The topological polar surface area (TPSA) is 65.4 Å². The molecule has 4 rings (SSSR count). The van der Waals surface area contributed by atoms with Crippen LogP contribution < -0.4 is 14.8 Å². The lowest BCUT2D eigenvalue weighted by Gasteiger charge is -2.14. The minimum atomic E-state index is -0.163. The SMILES string of the molecule is COc1ccc(-n2nc(C(C)(C)C)cc2NC(=O)Cc2ccc(OC)c3ccccc23)cc1. The summed E-state index contributed by atoms with van der Waals surface area (Å²) in [7, 11) is 3.29. The summed E-state index contributed by atoms with van der Waals surface area (Å²) in [4.78, 5) is 13.1. The summed E-state index contributed by atoms with van der Waals surface area (Å²) < 4.78 is 12.5. The number of nitrogens with zero attached hydrogens (tertiary/aromatic N) is 2. The van der Waals surface area contributed by atoms with Crippen LogP contribution in [0.3, 0.4) is 0 Å². The molecule has 1 heterocycles. The fourth-order valence-electron chi connectivity index (χ4n) is 3.78. The number of anilines is 1. The molecule has 1 N–H and O–H groups in total. The molecule has 3 aromatic carbocycles. The molecule has 0 saturated heterocycles. The maximum absolute atomic E-state index is 13.1. The Kier molecular flexibility index (Phi) is 6.09. The monoisotopic (exact) mass is 443 g/mol. The van der Waals surface area contributed by atoms with Crippen LogP contribution >= 0.6 is 0 Å². The first-order valence-corrected chi connectivity index (χ1v) is 10.9. The number of rotatable bonds is 6. The molecule has 0 atom stereocenters. The number of carbonyl (C=O) groups is 1. The number of ether oxygens (including phenoxy) is 2. The van der Waals surface area contributed by atoms with Gasteiger partial charge in [0.2, 0.25) is 5.91 Å². The molecular formula is C27H29N3O3. The Bertz CT molecular complexity index is 1280. The Balaban J connectivity index is 1.65. The van der Waals surface area contributed by atoms with Crippen LogP contribution in [0.1, 0.15) is 32.0 Å². The van der Waals surface area contributed by atoms with Gasteiger partial charge in [-0.3, -0.25) is 4.79 Å². The lowest BCUT2D eigenvalue weighted by Crippen LogP contribution is -2.17. The zero-order valence-electron chi connectivity index (χ0n) is 19.7. The van der Waals surface area contributed by atoms with Gasteiger partial charge in [0.25, 0.3) is 0 Å². The van der Waals surface area contributed by atoms with Crippen LogP contribution in [0.15, 0.2) is 66.7 Å². The number of fused-ring (bicyclic) bond motifs is 1. The Morgan fingerprint density at radius 2 is 1.64 bits per heavy atom. The molecule has 170 valence electrons. The summed E-state index contributed by atoms with van der Waals surface area (Å²) in [6.07, 6.45) is 0.239. The van der Waals surface area contributed by atoms with Gasteiger partial charge in [-0.2, -0.15) is 5.10 Å². The molecule has 0 bridgehead atoms. The third kappa shape index (κ3) is 4.70. The number of benzene rings is 3. The molecule has 0 aliphatic rings. The molecule has 4 aromatic rings. The standard InChI is InChI=1S/C27H29N3O3/c1-27(2,3)24-17-25(30(29-24)19-11-13-20(32-4)14-12-19)28-26(31)16-18-10-15-23(33-5)22-9-7-6-8-21(18)22/h6-15,17H,16H2,1-5H3,(H,28,31). The molecule has 0 unspecified atom stereocenters. The maximum atomic E-state index is 13.1. The summed E-state index contributed by atoms with van der Waals surface area (Å²) >= 11 is 0. The zero-order chi connectivity index (χ0) is 23.6.